The summed E-state index contributed by atoms with van der Waals surface area (Å²) in [7, 11) is 0. The van der Waals surface area contributed by atoms with E-state index in [0.29, 0.717) is 9.79 Å². The van der Waals surface area contributed by atoms with Crippen molar-refractivity contribution in [2.75, 3.05) is 0 Å². The van der Waals surface area contributed by atoms with Gasteiger partial charge in [0.1, 0.15) is 5.75 Å². The molecule has 0 atom stereocenters. The summed E-state index contributed by atoms with van der Waals surface area (Å²) in [6, 6.07) is 13.2. The van der Waals surface area contributed by atoms with Gasteiger partial charge in [0.25, 0.3) is 5.69 Å². The first-order valence-electron chi connectivity index (χ1n) is 4.88. The van der Waals surface area contributed by atoms with Crippen LogP contribution in [0.25, 0.3) is 0 Å². The summed E-state index contributed by atoms with van der Waals surface area (Å²) in [4.78, 5) is 11.5. The molecule has 0 aliphatic rings. The maximum atomic E-state index is 10.8. The Balaban J connectivity index is 2.37. The molecule has 0 aliphatic carbocycles. The van der Waals surface area contributed by atoms with Crippen LogP contribution < -0.4 is 0 Å². The number of nitrogens with zero attached hydrogens (tertiary/aromatic N) is 1. The molecule has 86 valence electrons. The Bertz CT molecular complexity index is 557. The van der Waals surface area contributed by atoms with Gasteiger partial charge in [-0.2, -0.15) is 0 Å². The molecule has 0 amide bonds. The van der Waals surface area contributed by atoms with Crippen LogP contribution in [0, 0.1) is 10.1 Å². The number of phenols is 1. The van der Waals surface area contributed by atoms with Gasteiger partial charge in [0.2, 0.25) is 0 Å². The summed E-state index contributed by atoms with van der Waals surface area (Å²) in [5.41, 5.74) is 0.0424. The number of benzene rings is 2. The Labute approximate surface area is 102 Å². The summed E-state index contributed by atoms with van der Waals surface area (Å²) < 4.78 is 0. The minimum atomic E-state index is -0.428. The van der Waals surface area contributed by atoms with E-state index in [2.05, 4.69) is 0 Å². The Kier molecular flexibility index (Phi) is 3.30. The van der Waals surface area contributed by atoms with E-state index in [9.17, 15) is 15.2 Å². The first-order valence-corrected chi connectivity index (χ1v) is 5.69. The van der Waals surface area contributed by atoms with Crippen LogP contribution in [0.4, 0.5) is 5.69 Å². The highest BCUT2D eigenvalue weighted by atomic mass is 32.2. The summed E-state index contributed by atoms with van der Waals surface area (Å²) in [6.07, 6.45) is 0. The van der Waals surface area contributed by atoms with Gasteiger partial charge >= 0.3 is 0 Å². The van der Waals surface area contributed by atoms with Crippen LogP contribution in [0.3, 0.4) is 0 Å². The highest BCUT2D eigenvalue weighted by Crippen LogP contribution is 2.38. The molecule has 0 spiro atoms. The van der Waals surface area contributed by atoms with Crippen molar-refractivity contribution in [2.24, 2.45) is 0 Å². The minimum Gasteiger partial charge on any atom is -0.507 e. The van der Waals surface area contributed by atoms with Crippen LogP contribution in [0.15, 0.2) is 58.3 Å². The molecule has 0 aromatic heterocycles. The van der Waals surface area contributed by atoms with Crippen molar-refractivity contribution in [1.29, 1.82) is 0 Å². The minimum absolute atomic E-state index is 0.0424. The lowest BCUT2D eigenvalue weighted by atomic mass is 10.3. The molecule has 0 saturated carbocycles. The molecule has 2 rings (SSSR count). The van der Waals surface area contributed by atoms with Crippen LogP contribution in [-0.4, -0.2) is 10.0 Å². The first-order chi connectivity index (χ1) is 8.18. The van der Waals surface area contributed by atoms with E-state index in [1.54, 1.807) is 42.5 Å². The molecule has 0 radical (unpaired) electrons. The molecule has 0 aliphatic heterocycles. The molecular weight excluding hydrogens is 238 g/mol. The third kappa shape index (κ3) is 2.57. The zero-order valence-electron chi connectivity index (χ0n) is 8.74. The van der Waals surface area contributed by atoms with Crippen LogP contribution in [0.2, 0.25) is 0 Å². The molecule has 0 saturated heterocycles. The standard InChI is InChI=1S/C12H9NO3S/c14-10-6-2-4-8-12(10)17-11-7-3-1-5-9(11)13(15)16/h1-8,14H. The van der Waals surface area contributed by atoms with Gasteiger partial charge in [0.05, 0.1) is 14.7 Å². The Morgan fingerprint density at radius 1 is 1.00 bits per heavy atom. The van der Waals surface area contributed by atoms with Gasteiger partial charge in [0, 0.05) is 6.07 Å². The van der Waals surface area contributed by atoms with Gasteiger partial charge < -0.3 is 5.11 Å². The van der Waals surface area contributed by atoms with E-state index < -0.39 is 4.92 Å². The molecule has 1 N–H and O–H groups in total. The van der Waals surface area contributed by atoms with Gasteiger partial charge in [-0.05, 0) is 18.2 Å². The molecule has 5 heteroatoms. The lowest BCUT2D eigenvalue weighted by molar-refractivity contribution is -0.387. The second-order valence-electron chi connectivity index (χ2n) is 3.29. The highest BCUT2D eigenvalue weighted by molar-refractivity contribution is 7.99. The average molecular weight is 247 g/mol. The van der Waals surface area contributed by atoms with E-state index >= 15 is 0 Å². The second kappa shape index (κ2) is 4.88. The Morgan fingerprint density at radius 2 is 1.59 bits per heavy atom. The fraction of sp³-hybridized carbons (Fsp3) is 0. The smallest absolute Gasteiger partial charge is 0.283 e. The lowest BCUT2D eigenvalue weighted by Crippen LogP contribution is -1.89. The summed E-state index contributed by atoms with van der Waals surface area (Å²) >= 11 is 1.18. The Morgan fingerprint density at radius 3 is 2.24 bits per heavy atom. The number of nitro groups is 1. The number of aromatic hydroxyl groups is 1. The lowest BCUT2D eigenvalue weighted by Gasteiger charge is -2.04. The predicted octanol–water partition coefficient (Wildman–Crippen LogP) is 3.45. The van der Waals surface area contributed by atoms with Gasteiger partial charge in [-0.3, -0.25) is 10.1 Å². The summed E-state index contributed by atoms with van der Waals surface area (Å²) in [5, 5.41) is 20.4. The van der Waals surface area contributed by atoms with E-state index in [-0.39, 0.29) is 11.4 Å². The van der Waals surface area contributed by atoms with Crippen LogP contribution in [0.1, 0.15) is 0 Å². The largest absolute Gasteiger partial charge is 0.507 e. The quantitative estimate of drug-likeness (QED) is 0.666. The second-order valence-corrected chi connectivity index (χ2v) is 4.38. The number of hydrogen-bond acceptors (Lipinski definition) is 4. The van der Waals surface area contributed by atoms with Crippen molar-refractivity contribution in [3.05, 3.63) is 58.6 Å². The third-order valence-electron chi connectivity index (χ3n) is 2.15. The molecule has 0 fully saturated rings. The van der Waals surface area contributed by atoms with Crippen molar-refractivity contribution < 1.29 is 10.0 Å². The van der Waals surface area contributed by atoms with E-state index in [1.165, 1.54) is 17.8 Å². The van der Waals surface area contributed by atoms with Gasteiger partial charge in [-0.1, -0.05) is 36.0 Å². The fourth-order valence-electron chi connectivity index (χ4n) is 1.36. The first kappa shape index (κ1) is 11.5. The number of hydrogen-bond donors (Lipinski definition) is 1. The van der Waals surface area contributed by atoms with E-state index in [0.717, 1.165) is 0 Å². The maximum Gasteiger partial charge on any atom is 0.283 e. The average Bonchev–Trinajstić information content (AvgIpc) is 2.32. The molecule has 0 bridgehead atoms. The van der Waals surface area contributed by atoms with Crippen molar-refractivity contribution in [2.45, 2.75) is 9.79 Å². The van der Waals surface area contributed by atoms with Crippen molar-refractivity contribution in [1.82, 2.24) is 0 Å². The number of nitro benzene ring substituents is 1. The van der Waals surface area contributed by atoms with Crippen LogP contribution in [-0.2, 0) is 0 Å². The van der Waals surface area contributed by atoms with E-state index in [1.807, 2.05) is 0 Å². The molecule has 17 heavy (non-hydrogen) atoms. The molecular formula is C12H9NO3S. The van der Waals surface area contributed by atoms with Crippen molar-refractivity contribution in [3.8, 4) is 5.75 Å². The van der Waals surface area contributed by atoms with E-state index in [4.69, 9.17) is 0 Å². The Hall–Kier alpha value is -2.01. The summed E-state index contributed by atoms with van der Waals surface area (Å²) in [5.74, 6) is 0.121. The van der Waals surface area contributed by atoms with Crippen molar-refractivity contribution >= 4 is 17.4 Å². The number of para-hydroxylation sites is 2. The predicted molar refractivity (Wildman–Crippen MR) is 65.3 cm³/mol. The van der Waals surface area contributed by atoms with Gasteiger partial charge in [-0.25, -0.2) is 0 Å². The third-order valence-corrected chi connectivity index (χ3v) is 3.28. The topological polar surface area (TPSA) is 63.4 Å². The van der Waals surface area contributed by atoms with Crippen LogP contribution >= 0.6 is 11.8 Å². The number of rotatable bonds is 3. The van der Waals surface area contributed by atoms with Crippen LogP contribution in [0.5, 0.6) is 5.75 Å². The monoisotopic (exact) mass is 247 g/mol. The highest BCUT2D eigenvalue weighted by Gasteiger charge is 2.14. The zero-order chi connectivity index (χ0) is 12.3. The maximum absolute atomic E-state index is 10.8. The molecule has 0 unspecified atom stereocenters. The van der Waals surface area contributed by atoms with Gasteiger partial charge in [0.15, 0.2) is 0 Å². The van der Waals surface area contributed by atoms with Gasteiger partial charge in [-0.15, -0.1) is 0 Å². The SMILES string of the molecule is O=[N+]([O-])c1ccccc1Sc1ccccc1O. The van der Waals surface area contributed by atoms with Crippen molar-refractivity contribution in [3.63, 3.8) is 0 Å². The normalized spacial score (nSPS) is 10.1. The molecule has 2 aromatic rings. The number of phenolic OH excluding ortho intramolecular Hbond substituents is 1. The molecule has 2 aromatic carbocycles. The fourth-order valence-corrected chi connectivity index (χ4v) is 2.31. The molecule has 0 heterocycles. The zero-order valence-corrected chi connectivity index (χ0v) is 9.55. The molecule has 4 nitrogen and oxygen atoms in total. The summed E-state index contributed by atoms with van der Waals surface area (Å²) in [6.45, 7) is 0.